The molecular weight excluding hydrogens is 228 g/mol. The fraction of sp³-hybridized carbons (Fsp3) is 0.600. The Morgan fingerprint density at radius 2 is 1.36 bits per heavy atom. The Morgan fingerprint density at radius 1 is 0.929 bits per heavy atom. The van der Waals surface area contributed by atoms with E-state index in [1.165, 1.54) is 0 Å². The Hall–Kier alpha value is -1.02. The first-order chi connectivity index (χ1) is 6.04. The van der Waals surface area contributed by atoms with Gasteiger partial charge in [0.05, 0.1) is 0 Å². The van der Waals surface area contributed by atoms with Crippen LogP contribution in [0.2, 0.25) is 0 Å². The van der Waals surface area contributed by atoms with Crippen LogP contribution in [0, 0.1) is 0 Å². The molecular formula is C5H2F8O. The third kappa shape index (κ3) is 4.87. The zero-order valence-electron chi connectivity index (χ0n) is 6.14. The van der Waals surface area contributed by atoms with Crippen LogP contribution in [0.5, 0.6) is 0 Å². The smallest absolute Gasteiger partial charge is 0.449 e. The lowest BCUT2D eigenvalue weighted by molar-refractivity contribution is -0.174. The molecule has 14 heavy (non-hydrogen) atoms. The average molecular weight is 230 g/mol. The first-order valence-corrected chi connectivity index (χ1v) is 2.86. The molecule has 0 saturated carbocycles. The molecule has 0 aromatic heterocycles. The van der Waals surface area contributed by atoms with Gasteiger partial charge >= 0.3 is 18.4 Å². The lowest BCUT2D eigenvalue weighted by Gasteiger charge is -2.08. The summed E-state index contributed by atoms with van der Waals surface area (Å²) < 4.78 is 94.2. The normalized spacial score (nSPS) is 15.1. The number of ether oxygens (including phenoxy) is 1. The van der Waals surface area contributed by atoms with E-state index in [1.807, 2.05) is 0 Å². The van der Waals surface area contributed by atoms with Gasteiger partial charge in [-0.05, 0) is 0 Å². The largest absolute Gasteiger partial charge is 0.459 e. The summed E-state index contributed by atoms with van der Waals surface area (Å²) in [5.74, 6) is -3.33. The molecule has 1 nitrogen and oxygen atoms in total. The molecule has 0 heterocycles. The molecule has 0 radical (unpaired) electrons. The maximum Gasteiger partial charge on any atom is 0.449 e. The minimum atomic E-state index is -5.70. The lowest BCUT2D eigenvalue weighted by Crippen LogP contribution is -2.18. The summed E-state index contributed by atoms with van der Waals surface area (Å²) in [5, 5.41) is 0. The van der Waals surface area contributed by atoms with E-state index >= 15 is 0 Å². The van der Waals surface area contributed by atoms with E-state index in [9.17, 15) is 35.1 Å². The molecule has 9 heteroatoms. The quantitative estimate of drug-likeness (QED) is 0.522. The molecule has 84 valence electrons. The number of rotatable bonds is 2. The highest BCUT2D eigenvalue weighted by Gasteiger charge is 2.40. The maximum absolute atomic E-state index is 11.9. The van der Waals surface area contributed by atoms with Crippen molar-refractivity contribution in [1.82, 2.24) is 0 Å². The van der Waals surface area contributed by atoms with Gasteiger partial charge in [-0.1, -0.05) is 0 Å². The summed E-state index contributed by atoms with van der Waals surface area (Å²) in [4.78, 5) is 0. The number of hydrogen-bond acceptors (Lipinski definition) is 1. The van der Waals surface area contributed by atoms with Gasteiger partial charge in [-0.25, -0.2) is 0 Å². The highest BCUT2D eigenvalue weighted by molar-refractivity contribution is 4.99. The monoisotopic (exact) mass is 230 g/mol. The van der Waals surface area contributed by atoms with Crippen molar-refractivity contribution in [3.63, 3.8) is 0 Å². The number of allylic oxidation sites excluding steroid dienone is 1. The van der Waals surface area contributed by atoms with Crippen LogP contribution in [-0.4, -0.2) is 19.0 Å². The second-order valence-electron chi connectivity index (χ2n) is 1.99. The summed E-state index contributed by atoms with van der Waals surface area (Å²) in [6.07, 6.45) is -10.7. The third-order valence-electron chi connectivity index (χ3n) is 0.784. The summed E-state index contributed by atoms with van der Waals surface area (Å²) >= 11 is 0. The second kappa shape index (κ2) is 4.01. The van der Waals surface area contributed by atoms with E-state index in [2.05, 4.69) is 4.74 Å². The standard InChI is InChI=1S/C5H2F8O/c6-2(5(11,12)13)3(7)14-1-4(8,9)10/h1H2/b3-2-. The van der Waals surface area contributed by atoms with Crippen molar-refractivity contribution in [2.75, 3.05) is 6.61 Å². The molecule has 0 aromatic rings. The minimum absolute atomic E-state index is 2.33. The van der Waals surface area contributed by atoms with E-state index in [4.69, 9.17) is 0 Å². The van der Waals surface area contributed by atoms with E-state index < -0.39 is 30.8 Å². The molecule has 0 fully saturated rings. The van der Waals surface area contributed by atoms with Crippen molar-refractivity contribution in [1.29, 1.82) is 0 Å². The summed E-state index contributed by atoms with van der Waals surface area (Å²) in [6, 6.07) is -2.94. The zero-order chi connectivity index (χ0) is 11.6. The van der Waals surface area contributed by atoms with Gasteiger partial charge in [0.15, 0.2) is 6.61 Å². The van der Waals surface area contributed by atoms with Crippen molar-refractivity contribution >= 4 is 0 Å². The number of hydrogen-bond donors (Lipinski definition) is 0. The van der Waals surface area contributed by atoms with Crippen LogP contribution in [0.4, 0.5) is 35.1 Å². The molecule has 0 N–H and O–H groups in total. The predicted molar refractivity (Wildman–Crippen MR) is 27.3 cm³/mol. The Kier molecular flexibility index (Phi) is 3.72. The van der Waals surface area contributed by atoms with Gasteiger partial charge in [0.25, 0.3) is 5.83 Å². The van der Waals surface area contributed by atoms with Crippen LogP contribution in [0.1, 0.15) is 0 Å². The molecule has 0 aromatic carbocycles. The van der Waals surface area contributed by atoms with Gasteiger partial charge in [-0.3, -0.25) is 0 Å². The Balaban J connectivity index is 4.40. The SMILES string of the molecule is F/C(OCC(F)(F)F)=C(/F)C(F)(F)F. The van der Waals surface area contributed by atoms with Gasteiger partial charge in [0.1, 0.15) is 0 Å². The first kappa shape index (κ1) is 13.0. The lowest BCUT2D eigenvalue weighted by atomic mass is 10.5. The highest BCUT2D eigenvalue weighted by atomic mass is 19.4. The third-order valence-corrected chi connectivity index (χ3v) is 0.784. The molecule has 0 rings (SSSR count). The molecule has 0 unspecified atom stereocenters. The van der Waals surface area contributed by atoms with Crippen molar-refractivity contribution in [3.05, 3.63) is 11.8 Å². The Labute approximate surface area is 71.9 Å². The van der Waals surface area contributed by atoms with Gasteiger partial charge in [-0.15, -0.1) is 0 Å². The topological polar surface area (TPSA) is 9.23 Å². The fourth-order valence-electron chi connectivity index (χ4n) is 0.320. The minimum Gasteiger partial charge on any atom is -0.459 e. The average Bonchev–Trinajstić information content (AvgIpc) is 1.95. The van der Waals surface area contributed by atoms with Crippen LogP contribution >= 0.6 is 0 Å². The summed E-state index contributed by atoms with van der Waals surface area (Å²) in [5.41, 5.74) is 0. The highest BCUT2D eigenvalue weighted by Crippen LogP contribution is 2.30. The van der Waals surface area contributed by atoms with Crippen molar-refractivity contribution in [2.24, 2.45) is 0 Å². The Bertz CT molecular complexity index is 223. The van der Waals surface area contributed by atoms with Crippen LogP contribution in [0.3, 0.4) is 0 Å². The van der Waals surface area contributed by atoms with Gasteiger partial charge in [0, 0.05) is 0 Å². The van der Waals surface area contributed by atoms with Gasteiger partial charge in [0.2, 0.25) is 0 Å². The molecule has 0 bridgehead atoms. The number of halogens is 8. The van der Waals surface area contributed by atoms with Crippen molar-refractivity contribution in [2.45, 2.75) is 12.4 Å². The fourth-order valence-corrected chi connectivity index (χ4v) is 0.320. The second-order valence-corrected chi connectivity index (χ2v) is 1.99. The summed E-state index contributed by atoms with van der Waals surface area (Å²) in [7, 11) is 0. The molecule has 0 spiro atoms. The molecule has 0 aliphatic carbocycles. The molecule has 0 amide bonds. The van der Waals surface area contributed by atoms with E-state index in [0.29, 0.717) is 0 Å². The van der Waals surface area contributed by atoms with Crippen LogP contribution < -0.4 is 0 Å². The van der Waals surface area contributed by atoms with E-state index in [-0.39, 0.29) is 0 Å². The van der Waals surface area contributed by atoms with Crippen LogP contribution in [-0.2, 0) is 4.74 Å². The first-order valence-electron chi connectivity index (χ1n) is 2.86. The van der Waals surface area contributed by atoms with E-state index in [0.717, 1.165) is 0 Å². The maximum atomic E-state index is 11.9. The van der Waals surface area contributed by atoms with Crippen molar-refractivity contribution in [3.8, 4) is 0 Å². The molecule has 0 aliphatic heterocycles. The van der Waals surface area contributed by atoms with Crippen LogP contribution in [0.15, 0.2) is 11.8 Å². The Morgan fingerprint density at radius 3 is 1.64 bits per heavy atom. The van der Waals surface area contributed by atoms with Gasteiger partial charge < -0.3 is 4.74 Å². The molecule has 0 atom stereocenters. The summed E-state index contributed by atoms with van der Waals surface area (Å²) in [6.45, 7) is -2.33. The van der Waals surface area contributed by atoms with Crippen molar-refractivity contribution < 1.29 is 39.9 Å². The predicted octanol–water partition coefficient (Wildman–Crippen LogP) is 3.24. The number of alkyl halides is 6. The van der Waals surface area contributed by atoms with E-state index in [1.54, 1.807) is 0 Å². The molecule has 0 saturated heterocycles. The van der Waals surface area contributed by atoms with Gasteiger partial charge in [-0.2, -0.15) is 35.1 Å². The molecule has 0 aliphatic rings. The van der Waals surface area contributed by atoms with Crippen LogP contribution in [0.25, 0.3) is 0 Å². The zero-order valence-corrected chi connectivity index (χ0v) is 6.14.